The van der Waals surface area contributed by atoms with Gasteiger partial charge < -0.3 is 4.57 Å². The van der Waals surface area contributed by atoms with Crippen LogP contribution in [0.15, 0.2) is 65.5 Å². The van der Waals surface area contributed by atoms with Crippen molar-refractivity contribution < 1.29 is 4.79 Å². The van der Waals surface area contributed by atoms with Crippen molar-refractivity contribution in [3.05, 3.63) is 82.3 Å². The van der Waals surface area contributed by atoms with Crippen molar-refractivity contribution in [2.24, 2.45) is 5.92 Å². The van der Waals surface area contributed by atoms with E-state index in [2.05, 4.69) is 17.0 Å². The van der Waals surface area contributed by atoms with Gasteiger partial charge in [0.15, 0.2) is 5.78 Å². The number of hydrogen-bond acceptors (Lipinski definition) is 3. The van der Waals surface area contributed by atoms with Gasteiger partial charge in [-0.1, -0.05) is 42.5 Å². The van der Waals surface area contributed by atoms with E-state index in [9.17, 15) is 9.59 Å². The smallest absolute Gasteiger partial charge is 0.250 e. The molecule has 0 saturated carbocycles. The Kier molecular flexibility index (Phi) is 3.94. The SMILES string of the molecule is O=C(CN1CC2CC(C1)c1cccc(=O)n1C2)c1ccc2ccccc2c1. The van der Waals surface area contributed by atoms with E-state index >= 15 is 0 Å². The molecule has 1 saturated heterocycles. The largest absolute Gasteiger partial charge is 0.312 e. The van der Waals surface area contributed by atoms with Crippen LogP contribution in [0.25, 0.3) is 10.8 Å². The van der Waals surface area contributed by atoms with Crippen LogP contribution in [0.3, 0.4) is 0 Å². The molecule has 3 heterocycles. The van der Waals surface area contributed by atoms with Gasteiger partial charge >= 0.3 is 0 Å². The highest BCUT2D eigenvalue weighted by Crippen LogP contribution is 2.34. The number of carbonyl (C=O) groups excluding carboxylic acids is 1. The first-order valence-electron chi connectivity index (χ1n) is 9.61. The minimum Gasteiger partial charge on any atom is -0.312 e. The number of rotatable bonds is 3. The zero-order chi connectivity index (χ0) is 18.4. The van der Waals surface area contributed by atoms with E-state index in [-0.39, 0.29) is 11.3 Å². The highest BCUT2D eigenvalue weighted by molar-refractivity contribution is 6.01. The van der Waals surface area contributed by atoms with Crippen LogP contribution >= 0.6 is 0 Å². The Labute approximate surface area is 158 Å². The van der Waals surface area contributed by atoms with Crippen molar-refractivity contribution in [3.63, 3.8) is 0 Å². The summed E-state index contributed by atoms with van der Waals surface area (Å²) in [6.45, 7) is 2.95. The lowest BCUT2D eigenvalue weighted by Crippen LogP contribution is -2.48. The molecule has 5 rings (SSSR count). The van der Waals surface area contributed by atoms with E-state index in [4.69, 9.17) is 0 Å². The fourth-order valence-corrected chi connectivity index (χ4v) is 4.78. The maximum absolute atomic E-state index is 12.9. The van der Waals surface area contributed by atoms with Gasteiger partial charge in [0.05, 0.1) is 6.54 Å². The first kappa shape index (κ1) is 16.5. The zero-order valence-electron chi connectivity index (χ0n) is 15.2. The second kappa shape index (κ2) is 6.46. The van der Waals surface area contributed by atoms with Gasteiger partial charge in [-0.3, -0.25) is 14.5 Å². The lowest BCUT2D eigenvalue weighted by molar-refractivity contribution is 0.0817. The Morgan fingerprint density at radius 3 is 2.67 bits per heavy atom. The lowest BCUT2D eigenvalue weighted by Gasteiger charge is -2.42. The van der Waals surface area contributed by atoms with Crippen molar-refractivity contribution in [2.45, 2.75) is 18.9 Å². The molecule has 4 nitrogen and oxygen atoms in total. The number of nitrogens with zero attached hydrogens (tertiary/aromatic N) is 2. The number of piperidine rings is 1. The predicted octanol–water partition coefficient (Wildman–Crippen LogP) is 3.30. The molecule has 0 radical (unpaired) electrons. The molecule has 2 aliphatic rings. The maximum atomic E-state index is 12.9. The molecule has 136 valence electrons. The molecule has 0 aliphatic carbocycles. The molecule has 2 bridgehead atoms. The first-order chi connectivity index (χ1) is 13.2. The number of Topliss-reactive ketones (excluding diaryl/α,β-unsaturated/α-hetero) is 1. The minimum atomic E-state index is 0.0999. The molecule has 4 heteroatoms. The Morgan fingerprint density at radius 1 is 0.926 bits per heavy atom. The topological polar surface area (TPSA) is 42.3 Å². The number of fused-ring (bicyclic) bond motifs is 5. The number of ketones is 1. The fraction of sp³-hybridized carbons (Fsp3) is 0.304. The molecule has 0 amide bonds. The van der Waals surface area contributed by atoms with Crippen LogP contribution in [0.4, 0.5) is 0 Å². The van der Waals surface area contributed by atoms with Crippen LogP contribution in [-0.4, -0.2) is 34.9 Å². The third-order valence-corrected chi connectivity index (χ3v) is 5.99. The Balaban J connectivity index is 1.36. The van der Waals surface area contributed by atoms with E-state index in [1.807, 2.05) is 47.0 Å². The average molecular weight is 358 g/mol. The van der Waals surface area contributed by atoms with Gasteiger partial charge in [-0.2, -0.15) is 0 Å². The van der Waals surface area contributed by atoms with E-state index in [1.54, 1.807) is 6.07 Å². The van der Waals surface area contributed by atoms with Crippen LogP contribution in [0, 0.1) is 5.92 Å². The summed E-state index contributed by atoms with van der Waals surface area (Å²) in [6.07, 6.45) is 1.12. The predicted molar refractivity (Wildman–Crippen MR) is 106 cm³/mol. The summed E-state index contributed by atoms with van der Waals surface area (Å²) in [7, 11) is 0. The van der Waals surface area contributed by atoms with Gasteiger partial charge in [-0.15, -0.1) is 0 Å². The molecule has 1 fully saturated rings. The number of likely N-dealkylation sites (tertiary alicyclic amines) is 1. The molecular formula is C23H22N2O2. The van der Waals surface area contributed by atoms with Crippen molar-refractivity contribution >= 4 is 16.6 Å². The van der Waals surface area contributed by atoms with Gasteiger partial charge in [0, 0.05) is 42.9 Å². The Morgan fingerprint density at radius 2 is 1.78 bits per heavy atom. The fourth-order valence-electron chi connectivity index (χ4n) is 4.78. The standard InChI is InChI=1S/C23H22N2O2/c26-22(19-9-8-17-4-1-2-5-18(17)11-19)15-24-12-16-10-20(14-24)21-6-3-7-23(27)25(21)13-16/h1-9,11,16,20H,10,12-15H2. The molecule has 27 heavy (non-hydrogen) atoms. The summed E-state index contributed by atoms with van der Waals surface area (Å²) in [5, 5.41) is 2.26. The van der Waals surface area contributed by atoms with Gasteiger partial charge in [-0.25, -0.2) is 0 Å². The van der Waals surface area contributed by atoms with E-state index in [0.717, 1.165) is 48.1 Å². The minimum absolute atomic E-state index is 0.0999. The number of hydrogen-bond donors (Lipinski definition) is 0. The highest BCUT2D eigenvalue weighted by atomic mass is 16.1. The van der Waals surface area contributed by atoms with Crippen LogP contribution < -0.4 is 5.56 Å². The van der Waals surface area contributed by atoms with Crippen molar-refractivity contribution in [2.75, 3.05) is 19.6 Å². The van der Waals surface area contributed by atoms with Crippen molar-refractivity contribution in [3.8, 4) is 0 Å². The van der Waals surface area contributed by atoms with E-state index in [0.29, 0.717) is 18.4 Å². The summed E-state index contributed by atoms with van der Waals surface area (Å²) in [5.74, 6) is 0.961. The first-order valence-corrected chi connectivity index (χ1v) is 9.61. The molecule has 2 unspecified atom stereocenters. The lowest BCUT2D eigenvalue weighted by atomic mass is 9.83. The van der Waals surface area contributed by atoms with Crippen molar-refractivity contribution in [1.29, 1.82) is 0 Å². The normalized spacial score (nSPS) is 21.8. The van der Waals surface area contributed by atoms with Crippen LogP contribution in [0.1, 0.15) is 28.4 Å². The van der Waals surface area contributed by atoms with Crippen LogP contribution in [-0.2, 0) is 6.54 Å². The quantitative estimate of drug-likeness (QED) is 0.675. The monoisotopic (exact) mass is 358 g/mol. The van der Waals surface area contributed by atoms with Crippen LogP contribution in [0.5, 0.6) is 0 Å². The number of benzene rings is 2. The summed E-state index contributed by atoms with van der Waals surface area (Å²) in [4.78, 5) is 27.3. The number of carbonyl (C=O) groups is 1. The number of pyridine rings is 1. The van der Waals surface area contributed by atoms with E-state index in [1.165, 1.54) is 0 Å². The summed E-state index contributed by atoms with van der Waals surface area (Å²) in [6, 6.07) is 19.6. The molecule has 2 atom stereocenters. The molecule has 0 spiro atoms. The highest BCUT2D eigenvalue weighted by Gasteiger charge is 2.34. The summed E-state index contributed by atoms with van der Waals surface area (Å²) in [5.41, 5.74) is 2.01. The Hall–Kier alpha value is -2.72. The van der Waals surface area contributed by atoms with Gasteiger partial charge in [0.2, 0.25) is 0 Å². The van der Waals surface area contributed by atoms with Crippen molar-refractivity contribution in [1.82, 2.24) is 9.47 Å². The third kappa shape index (κ3) is 3.00. The summed E-state index contributed by atoms with van der Waals surface area (Å²) >= 11 is 0. The zero-order valence-corrected chi connectivity index (χ0v) is 15.2. The van der Waals surface area contributed by atoms with Gasteiger partial charge in [0.25, 0.3) is 5.56 Å². The Bertz CT molecular complexity index is 1080. The third-order valence-electron chi connectivity index (χ3n) is 5.99. The maximum Gasteiger partial charge on any atom is 0.250 e. The molecule has 2 aromatic carbocycles. The van der Waals surface area contributed by atoms with Gasteiger partial charge in [-0.05, 0) is 35.2 Å². The second-order valence-corrected chi connectivity index (χ2v) is 7.88. The second-order valence-electron chi connectivity index (χ2n) is 7.88. The molecule has 3 aromatic rings. The summed E-state index contributed by atoms with van der Waals surface area (Å²) < 4.78 is 1.93. The molecule has 0 N–H and O–H groups in total. The van der Waals surface area contributed by atoms with Crippen LogP contribution in [0.2, 0.25) is 0 Å². The molecule has 2 aliphatic heterocycles. The van der Waals surface area contributed by atoms with E-state index < -0.39 is 0 Å². The molecular weight excluding hydrogens is 336 g/mol. The van der Waals surface area contributed by atoms with Gasteiger partial charge in [0.1, 0.15) is 0 Å². The number of aromatic nitrogens is 1. The molecule has 1 aromatic heterocycles. The average Bonchev–Trinajstić information content (AvgIpc) is 2.68.